The third-order valence-electron chi connectivity index (χ3n) is 7.47. The summed E-state index contributed by atoms with van der Waals surface area (Å²) in [6.45, 7) is 2.74. The van der Waals surface area contributed by atoms with E-state index in [1.165, 1.54) is 6.42 Å². The Labute approximate surface area is 194 Å². The number of benzene rings is 1. The van der Waals surface area contributed by atoms with Crippen LogP contribution in [-0.2, 0) is 19.1 Å². The van der Waals surface area contributed by atoms with E-state index in [0.717, 1.165) is 55.8 Å². The summed E-state index contributed by atoms with van der Waals surface area (Å²) in [5.74, 6) is 0.914. The van der Waals surface area contributed by atoms with Crippen molar-refractivity contribution in [3.05, 3.63) is 23.8 Å². The van der Waals surface area contributed by atoms with Crippen LogP contribution in [0.5, 0.6) is 5.75 Å². The molecule has 8 nitrogen and oxygen atoms in total. The highest BCUT2D eigenvalue weighted by Crippen LogP contribution is 2.47. The van der Waals surface area contributed by atoms with E-state index in [2.05, 4.69) is 5.32 Å². The van der Waals surface area contributed by atoms with Crippen molar-refractivity contribution in [1.82, 2.24) is 4.90 Å². The van der Waals surface area contributed by atoms with Crippen LogP contribution in [0.4, 0.5) is 5.69 Å². The molecule has 180 valence electrons. The zero-order chi connectivity index (χ0) is 22.8. The van der Waals surface area contributed by atoms with Crippen molar-refractivity contribution in [2.45, 2.75) is 69.2 Å². The molecule has 0 saturated carbocycles. The first-order chi connectivity index (χ1) is 16.1. The van der Waals surface area contributed by atoms with Crippen LogP contribution in [0, 0.1) is 5.92 Å². The van der Waals surface area contributed by atoms with E-state index in [9.17, 15) is 14.7 Å². The predicted octanol–water partition coefficient (Wildman–Crippen LogP) is 2.45. The molecule has 1 aromatic rings. The molecule has 0 aliphatic carbocycles. The van der Waals surface area contributed by atoms with Crippen molar-refractivity contribution in [1.29, 1.82) is 0 Å². The van der Waals surface area contributed by atoms with Crippen LogP contribution < -0.4 is 10.1 Å². The molecule has 1 aromatic carbocycles. The quantitative estimate of drug-likeness (QED) is 0.704. The minimum absolute atomic E-state index is 0.0185. The number of carbonyl (C=O) groups is 2. The fourth-order valence-corrected chi connectivity index (χ4v) is 5.64. The van der Waals surface area contributed by atoms with Crippen molar-refractivity contribution in [3.63, 3.8) is 0 Å². The van der Waals surface area contributed by atoms with E-state index in [1.54, 1.807) is 0 Å². The lowest BCUT2D eigenvalue weighted by Crippen LogP contribution is -2.48. The Kier molecular flexibility index (Phi) is 6.85. The minimum atomic E-state index is -0.476. The van der Waals surface area contributed by atoms with Gasteiger partial charge in [-0.2, -0.15) is 0 Å². The highest BCUT2D eigenvalue weighted by Gasteiger charge is 2.46. The standard InChI is InChI=1S/C25H34N2O6/c28-15-22-24-20(13-18(32-22)14-23(29)27-8-2-1-3-9-27)19-12-17(4-5-21(19)33-24)26-25(30)16-6-10-31-11-7-16/h4-5,12,16,18,20,22,24,28H,1-3,6-11,13-15H2,(H,26,30)/t18-,20+,22+,24-/m1/s1. The highest BCUT2D eigenvalue weighted by molar-refractivity contribution is 5.92. The number of nitrogens with zero attached hydrogens (tertiary/aromatic N) is 1. The molecule has 0 spiro atoms. The SMILES string of the molecule is O=C(Nc1ccc2c(c1)[C@@H]1C[C@H](CC(=O)N3CCCCC3)O[C@@H](CO)[C@@H]1O2)C1CCOCC1. The zero-order valence-corrected chi connectivity index (χ0v) is 19.0. The number of hydrogen-bond acceptors (Lipinski definition) is 6. The lowest BCUT2D eigenvalue weighted by molar-refractivity contribution is -0.149. The molecular formula is C25H34N2O6. The molecule has 4 aliphatic rings. The second-order valence-corrected chi connectivity index (χ2v) is 9.68. The topological polar surface area (TPSA) is 97.3 Å². The Morgan fingerprint density at radius 1 is 1.12 bits per heavy atom. The Hall–Kier alpha value is -2.16. The molecule has 8 heteroatoms. The van der Waals surface area contributed by atoms with E-state index < -0.39 is 6.10 Å². The number of amides is 2. The van der Waals surface area contributed by atoms with Gasteiger partial charge in [-0.3, -0.25) is 9.59 Å². The molecule has 0 unspecified atom stereocenters. The van der Waals surface area contributed by atoms with E-state index in [-0.39, 0.29) is 42.5 Å². The van der Waals surface area contributed by atoms with Gasteiger partial charge in [0.15, 0.2) is 0 Å². The number of aliphatic hydroxyl groups is 1. The van der Waals surface area contributed by atoms with Gasteiger partial charge in [0.1, 0.15) is 18.0 Å². The number of piperidine rings is 1. The monoisotopic (exact) mass is 458 g/mol. The molecule has 0 radical (unpaired) electrons. The largest absolute Gasteiger partial charge is 0.487 e. The summed E-state index contributed by atoms with van der Waals surface area (Å²) in [5, 5.41) is 13.0. The van der Waals surface area contributed by atoms with Gasteiger partial charge < -0.3 is 29.5 Å². The lowest BCUT2D eigenvalue weighted by Gasteiger charge is -2.38. The normalized spacial score (nSPS) is 29.7. The summed E-state index contributed by atoms with van der Waals surface area (Å²) in [4.78, 5) is 27.4. The molecular weight excluding hydrogens is 424 g/mol. The van der Waals surface area contributed by atoms with Gasteiger partial charge in [-0.1, -0.05) is 0 Å². The van der Waals surface area contributed by atoms with Gasteiger partial charge in [0.25, 0.3) is 0 Å². The average molecular weight is 459 g/mol. The summed E-state index contributed by atoms with van der Waals surface area (Å²) in [5.41, 5.74) is 1.77. The van der Waals surface area contributed by atoms with Crippen molar-refractivity contribution in [2.24, 2.45) is 5.92 Å². The second kappa shape index (κ2) is 9.99. The number of aliphatic hydroxyl groups excluding tert-OH is 1. The average Bonchev–Trinajstić information content (AvgIpc) is 3.22. The summed E-state index contributed by atoms with van der Waals surface area (Å²) in [7, 11) is 0. The van der Waals surface area contributed by atoms with Gasteiger partial charge in [-0.25, -0.2) is 0 Å². The van der Waals surface area contributed by atoms with Gasteiger partial charge in [0, 0.05) is 49.4 Å². The van der Waals surface area contributed by atoms with E-state index in [4.69, 9.17) is 14.2 Å². The summed E-state index contributed by atoms with van der Waals surface area (Å²) >= 11 is 0. The maximum atomic E-state index is 12.8. The minimum Gasteiger partial charge on any atom is -0.487 e. The lowest BCUT2D eigenvalue weighted by atomic mass is 9.84. The Morgan fingerprint density at radius 2 is 1.91 bits per heavy atom. The number of ether oxygens (including phenoxy) is 3. The Balaban J connectivity index is 1.28. The number of fused-ring (bicyclic) bond motifs is 3. The maximum Gasteiger partial charge on any atom is 0.227 e. The zero-order valence-electron chi connectivity index (χ0n) is 19.0. The van der Waals surface area contributed by atoms with Crippen molar-refractivity contribution in [3.8, 4) is 5.75 Å². The van der Waals surface area contributed by atoms with Crippen LogP contribution in [-0.4, -0.2) is 73.0 Å². The molecule has 4 aliphatic heterocycles. The highest BCUT2D eigenvalue weighted by atomic mass is 16.6. The van der Waals surface area contributed by atoms with Crippen LogP contribution in [0.3, 0.4) is 0 Å². The number of rotatable bonds is 5. The van der Waals surface area contributed by atoms with Crippen molar-refractivity contribution in [2.75, 3.05) is 38.2 Å². The summed E-state index contributed by atoms with van der Waals surface area (Å²) in [6, 6.07) is 5.73. The molecule has 3 fully saturated rings. The fraction of sp³-hybridized carbons (Fsp3) is 0.680. The van der Waals surface area contributed by atoms with Crippen LogP contribution in [0.25, 0.3) is 0 Å². The van der Waals surface area contributed by atoms with Gasteiger partial charge >= 0.3 is 0 Å². The molecule has 2 N–H and O–H groups in total. The molecule has 33 heavy (non-hydrogen) atoms. The molecule has 4 heterocycles. The van der Waals surface area contributed by atoms with E-state index in [0.29, 0.717) is 26.1 Å². The summed E-state index contributed by atoms with van der Waals surface area (Å²) in [6.07, 6.45) is 4.76. The van der Waals surface area contributed by atoms with Gasteiger partial charge in [-0.15, -0.1) is 0 Å². The van der Waals surface area contributed by atoms with Gasteiger partial charge in [0.2, 0.25) is 11.8 Å². The number of hydrogen-bond donors (Lipinski definition) is 2. The number of carbonyl (C=O) groups excluding carboxylic acids is 2. The smallest absolute Gasteiger partial charge is 0.227 e. The fourth-order valence-electron chi connectivity index (χ4n) is 5.64. The second-order valence-electron chi connectivity index (χ2n) is 9.68. The van der Waals surface area contributed by atoms with Crippen LogP contribution in [0.15, 0.2) is 18.2 Å². The molecule has 2 amide bonds. The van der Waals surface area contributed by atoms with Crippen molar-refractivity contribution < 1.29 is 28.9 Å². The van der Waals surface area contributed by atoms with Crippen LogP contribution >= 0.6 is 0 Å². The third kappa shape index (κ3) is 4.88. The van der Waals surface area contributed by atoms with Crippen LogP contribution in [0.1, 0.15) is 56.4 Å². The number of likely N-dealkylation sites (tertiary alicyclic amines) is 1. The molecule has 5 rings (SSSR count). The van der Waals surface area contributed by atoms with Crippen molar-refractivity contribution >= 4 is 17.5 Å². The van der Waals surface area contributed by atoms with Crippen LogP contribution in [0.2, 0.25) is 0 Å². The first-order valence-electron chi connectivity index (χ1n) is 12.4. The first kappa shape index (κ1) is 22.6. The van der Waals surface area contributed by atoms with E-state index in [1.807, 2.05) is 23.1 Å². The summed E-state index contributed by atoms with van der Waals surface area (Å²) < 4.78 is 17.6. The predicted molar refractivity (Wildman–Crippen MR) is 121 cm³/mol. The Bertz CT molecular complexity index is 864. The number of anilines is 1. The maximum absolute atomic E-state index is 12.8. The number of nitrogens with one attached hydrogen (secondary N) is 1. The molecule has 3 saturated heterocycles. The molecule has 0 aromatic heterocycles. The first-order valence-corrected chi connectivity index (χ1v) is 12.4. The molecule has 0 bridgehead atoms. The third-order valence-corrected chi connectivity index (χ3v) is 7.47. The van der Waals surface area contributed by atoms with Gasteiger partial charge in [0.05, 0.1) is 19.1 Å². The Morgan fingerprint density at radius 3 is 2.67 bits per heavy atom. The van der Waals surface area contributed by atoms with Gasteiger partial charge in [-0.05, 0) is 56.7 Å². The van der Waals surface area contributed by atoms with E-state index >= 15 is 0 Å². The molecule has 4 atom stereocenters.